The second kappa shape index (κ2) is 6.80. The van der Waals surface area contributed by atoms with Gasteiger partial charge in [0, 0.05) is 5.38 Å². The molecular weight excluding hydrogens is 332 g/mol. The lowest BCUT2D eigenvalue weighted by Crippen LogP contribution is -2.13. The maximum Gasteiger partial charge on any atom is 0.262 e. The van der Waals surface area contributed by atoms with Gasteiger partial charge in [-0.05, 0) is 24.3 Å². The van der Waals surface area contributed by atoms with Crippen molar-refractivity contribution in [3.63, 3.8) is 0 Å². The highest BCUT2D eigenvalue weighted by molar-refractivity contribution is 7.92. The Balaban J connectivity index is 1.80. The predicted molar refractivity (Wildman–Crippen MR) is 90.1 cm³/mol. The minimum atomic E-state index is -3.65. The van der Waals surface area contributed by atoms with Gasteiger partial charge in [0.15, 0.2) is 0 Å². The van der Waals surface area contributed by atoms with Crippen molar-refractivity contribution in [3.05, 3.63) is 71.2 Å². The van der Waals surface area contributed by atoms with Gasteiger partial charge < -0.3 is 4.74 Å². The second-order valence-corrected chi connectivity index (χ2v) is 7.08. The van der Waals surface area contributed by atoms with Gasteiger partial charge in [-0.15, -0.1) is 11.3 Å². The number of anilines is 1. The van der Waals surface area contributed by atoms with Crippen molar-refractivity contribution in [1.29, 1.82) is 0 Å². The van der Waals surface area contributed by atoms with Crippen molar-refractivity contribution in [1.82, 2.24) is 4.98 Å². The summed E-state index contributed by atoms with van der Waals surface area (Å²) in [5, 5.41) is 1.89. The van der Waals surface area contributed by atoms with E-state index in [1.54, 1.807) is 60.1 Å². The third kappa shape index (κ3) is 3.88. The van der Waals surface area contributed by atoms with E-state index in [-0.39, 0.29) is 11.5 Å². The van der Waals surface area contributed by atoms with E-state index in [9.17, 15) is 8.42 Å². The predicted octanol–water partition coefficient (Wildman–Crippen LogP) is 3.52. The van der Waals surface area contributed by atoms with Crippen molar-refractivity contribution in [3.8, 4) is 5.75 Å². The third-order valence-corrected chi connectivity index (χ3v) is 5.06. The lowest BCUT2D eigenvalue weighted by molar-refractivity contribution is 0.304. The van der Waals surface area contributed by atoms with Crippen molar-refractivity contribution in [2.24, 2.45) is 0 Å². The summed E-state index contributed by atoms with van der Waals surface area (Å²) in [5.41, 5.74) is 2.92. The molecule has 0 saturated heterocycles. The molecule has 1 heterocycles. The molecule has 0 radical (unpaired) electrons. The van der Waals surface area contributed by atoms with Crippen LogP contribution in [0.15, 0.2) is 70.4 Å². The molecule has 0 spiro atoms. The lowest BCUT2D eigenvalue weighted by Gasteiger charge is -2.13. The SMILES string of the molecule is O=S(=O)(Nc1ccccc1OCc1cscn1)c1ccccc1. The number of sulfonamides is 1. The fourth-order valence-electron chi connectivity index (χ4n) is 1.94. The number of thiazole rings is 1. The van der Waals surface area contributed by atoms with Gasteiger partial charge >= 0.3 is 0 Å². The highest BCUT2D eigenvalue weighted by atomic mass is 32.2. The smallest absolute Gasteiger partial charge is 0.262 e. The molecule has 5 nitrogen and oxygen atoms in total. The number of rotatable bonds is 6. The Morgan fingerprint density at radius 2 is 1.78 bits per heavy atom. The minimum Gasteiger partial charge on any atom is -0.485 e. The normalized spacial score (nSPS) is 11.1. The molecule has 23 heavy (non-hydrogen) atoms. The molecule has 3 rings (SSSR count). The van der Waals surface area contributed by atoms with Gasteiger partial charge in [-0.25, -0.2) is 13.4 Å². The third-order valence-electron chi connectivity index (χ3n) is 3.04. The van der Waals surface area contributed by atoms with E-state index in [1.165, 1.54) is 11.3 Å². The Hall–Kier alpha value is -2.38. The molecule has 1 aromatic heterocycles. The highest BCUT2D eigenvalue weighted by Gasteiger charge is 2.16. The highest BCUT2D eigenvalue weighted by Crippen LogP contribution is 2.27. The number of ether oxygens (including phenoxy) is 1. The maximum atomic E-state index is 12.4. The van der Waals surface area contributed by atoms with Crippen LogP contribution in [-0.2, 0) is 16.6 Å². The molecule has 0 aliphatic rings. The Labute approximate surface area is 138 Å². The Morgan fingerprint density at radius 3 is 2.52 bits per heavy atom. The number of hydrogen-bond acceptors (Lipinski definition) is 5. The van der Waals surface area contributed by atoms with Crippen LogP contribution in [0, 0.1) is 0 Å². The Kier molecular flexibility index (Phi) is 4.59. The summed E-state index contributed by atoms with van der Waals surface area (Å²) in [4.78, 5) is 4.34. The molecule has 7 heteroatoms. The zero-order chi connectivity index (χ0) is 16.1. The molecule has 0 amide bonds. The van der Waals surface area contributed by atoms with Crippen molar-refractivity contribution in [2.75, 3.05) is 4.72 Å². The molecule has 0 unspecified atom stereocenters. The number of aromatic nitrogens is 1. The average Bonchev–Trinajstić information content (AvgIpc) is 3.08. The monoisotopic (exact) mass is 346 g/mol. The van der Waals surface area contributed by atoms with Crippen LogP contribution in [0.4, 0.5) is 5.69 Å². The zero-order valence-electron chi connectivity index (χ0n) is 12.0. The van der Waals surface area contributed by atoms with E-state index < -0.39 is 10.0 Å². The second-order valence-electron chi connectivity index (χ2n) is 4.68. The Bertz CT molecular complexity index is 863. The lowest BCUT2D eigenvalue weighted by atomic mass is 10.3. The molecule has 2 aromatic carbocycles. The van der Waals surface area contributed by atoms with Crippen LogP contribution in [0.5, 0.6) is 5.75 Å². The fraction of sp³-hybridized carbons (Fsp3) is 0.0625. The first-order valence-corrected chi connectivity index (χ1v) is 9.24. The zero-order valence-corrected chi connectivity index (χ0v) is 13.7. The van der Waals surface area contributed by atoms with Crippen LogP contribution in [0.3, 0.4) is 0 Å². The van der Waals surface area contributed by atoms with E-state index in [2.05, 4.69) is 9.71 Å². The summed E-state index contributed by atoms with van der Waals surface area (Å²) in [6, 6.07) is 15.1. The Morgan fingerprint density at radius 1 is 1.04 bits per heavy atom. The van der Waals surface area contributed by atoms with Crippen LogP contribution in [0.1, 0.15) is 5.69 Å². The van der Waals surface area contributed by atoms with Gasteiger partial charge in [0.05, 0.1) is 21.8 Å². The first-order valence-electron chi connectivity index (χ1n) is 6.82. The van der Waals surface area contributed by atoms with Gasteiger partial charge in [0.2, 0.25) is 0 Å². The standard InChI is InChI=1S/C16H14N2O3S2/c19-23(20,14-6-2-1-3-7-14)18-15-8-4-5-9-16(15)21-10-13-11-22-12-17-13/h1-9,11-12,18H,10H2. The largest absolute Gasteiger partial charge is 0.485 e. The van der Waals surface area contributed by atoms with Crippen LogP contribution in [-0.4, -0.2) is 13.4 Å². The molecule has 0 aliphatic heterocycles. The maximum absolute atomic E-state index is 12.4. The van der Waals surface area contributed by atoms with E-state index >= 15 is 0 Å². The first-order chi connectivity index (χ1) is 11.1. The van der Waals surface area contributed by atoms with Crippen molar-refractivity contribution in [2.45, 2.75) is 11.5 Å². The fourth-order valence-corrected chi connectivity index (χ4v) is 3.58. The van der Waals surface area contributed by atoms with E-state index in [0.29, 0.717) is 11.4 Å². The molecule has 0 saturated carbocycles. The molecule has 3 aromatic rings. The topological polar surface area (TPSA) is 68.3 Å². The summed E-state index contributed by atoms with van der Waals surface area (Å²) < 4.78 is 33.1. The van der Waals surface area contributed by atoms with Gasteiger partial charge in [-0.2, -0.15) is 0 Å². The molecule has 118 valence electrons. The van der Waals surface area contributed by atoms with Gasteiger partial charge in [-0.1, -0.05) is 30.3 Å². The van der Waals surface area contributed by atoms with Crippen LogP contribution < -0.4 is 9.46 Å². The van der Waals surface area contributed by atoms with Crippen molar-refractivity contribution >= 4 is 27.0 Å². The minimum absolute atomic E-state index is 0.203. The number of nitrogens with zero attached hydrogens (tertiary/aromatic N) is 1. The number of para-hydroxylation sites is 2. The van der Waals surface area contributed by atoms with E-state index in [1.807, 2.05) is 5.38 Å². The molecular formula is C16H14N2O3S2. The van der Waals surface area contributed by atoms with Crippen LogP contribution in [0.2, 0.25) is 0 Å². The van der Waals surface area contributed by atoms with Gasteiger partial charge in [0.1, 0.15) is 12.4 Å². The quantitative estimate of drug-likeness (QED) is 0.741. The average molecular weight is 346 g/mol. The number of hydrogen-bond donors (Lipinski definition) is 1. The summed E-state index contributed by atoms with van der Waals surface area (Å²) in [6.07, 6.45) is 0. The van der Waals surface area contributed by atoms with Crippen LogP contribution >= 0.6 is 11.3 Å². The summed E-state index contributed by atoms with van der Waals surface area (Å²) >= 11 is 1.48. The summed E-state index contributed by atoms with van der Waals surface area (Å²) in [5.74, 6) is 0.458. The first kappa shape index (κ1) is 15.5. The molecule has 0 fully saturated rings. The number of benzene rings is 2. The van der Waals surface area contributed by atoms with E-state index in [0.717, 1.165) is 5.69 Å². The summed E-state index contributed by atoms with van der Waals surface area (Å²) in [6.45, 7) is 0.285. The summed E-state index contributed by atoms with van der Waals surface area (Å²) in [7, 11) is -3.65. The van der Waals surface area contributed by atoms with E-state index in [4.69, 9.17) is 4.74 Å². The molecule has 0 bridgehead atoms. The van der Waals surface area contributed by atoms with Crippen LogP contribution in [0.25, 0.3) is 0 Å². The van der Waals surface area contributed by atoms with Gasteiger partial charge in [-0.3, -0.25) is 4.72 Å². The number of nitrogens with one attached hydrogen (secondary N) is 1. The molecule has 0 aliphatic carbocycles. The molecule has 1 N–H and O–H groups in total. The van der Waals surface area contributed by atoms with Gasteiger partial charge in [0.25, 0.3) is 10.0 Å². The molecule has 0 atom stereocenters. The van der Waals surface area contributed by atoms with Crippen molar-refractivity contribution < 1.29 is 13.2 Å².